The normalized spacial score (nSPS) is 12.9. The lowest BCUT2D eigenvalue weighted by atomic mass is 10.1. The highest BCUT2D eigenvalue weighted by molar-refractivity contribution is 6.34. The van der Waals surface area contributed by atoms with Gasteiger partial charge in [0.2, 0.25) is 0 Å². The maximum Gasteiger partial charge on any atom is 0.262 e. The van der Waals surface area contributed by atoms with E-state index in [4.69, 9.17) is 16.3 Å². The molecule has 0 saturated heterocycles. The van der Waals surface area contributed by atoms with Gasteiger partial charge in [0.15, 0.2) is 12.4 Å². The number of rotatable bonds is 2. The van der Waals surface area contributed by atoms with Crippen LogP contribution in [0.5, 0.6) is 5.75 Å². The van der Waals surface area contributed by atoms with Gasteiger partial charge < -0.3 is 15.4 Å². The van der Waals surface area contributed by atoms with Gasteiger partial charge in [0.05, 0.1) is 22.0 Å². The van der Waals surface area contributed by atoms with Crippen LogP contribution in [0.2, 0.25) is 5.02 Å². The average Bonchev–Trinajstić information content (AvgIpc) is 2.46. The second-order valence-electron chi connectivity index (χ2n) is 4.72. The molecule has 0 aromatic heterocycles. The summed E-state index contributed by atoms with van der Waals surface area (Å²) in [7, 11) is 0. The number of anilines is 2. The number of amides is 2. The number of fused-ring (bicyclic) bond motifs is 1. The maximum absolute atomic E-state index is 13.8. The van der Waals surface area contributed by atoms with Crippen molar-refractivity contribution in [2.75, 3.05) is 17.2 Å². The van der Waals surface area contributed by atoms with Crippen LogP contribution in [-0.4, -0.2) is 18.4 Å². The molecule has 0 unspecified atom stereocenters. The zero-order valence-electron chi connectivity index (χ0n) is 11.5. The Morgan fingerprint density at radius 1 is 1.30 bits per heavy atom. The first-order valence-electron chi connectivity index (χ1n) is 6.47. The van der Waals surface area contributed by atoms with Crippen molar-refractivity contribution in [3.05, 3.63) is 52.6 Å². The number of ether oxygens (including phenoxy) is 1. The second kappa shape index (κ2) is 5.85. The SMILES string of the molecule is O=C1COc2c(cc(F)cc2NC(=O)c2c(F)cccc2Cl)N1. The van der Waals surface area contributed by atoms with Crippen LogP contribution in [0.3, 0.4) is 0 Å². The van der Waals surface area contributed by atoms with Gasteiger partial charge in [-0.15, -0.1) is 0 Å². The summed E-state index contributed by atoms with van der Waals surface area (Å²) in [5.41, 5.74) is -0.326. The van der Waals surface area contributed by atoms with Gasteiger partial charge in [-0.05, 0) is 12.1 Å². The molecular formula is C15H9ClF2N2O3. The van der Waals surface area contributed by atoms with Gasteiger partial charge in [-0.25, -0.2) is 8.78 Å². The van der Waals surface area contributed by atoms with Crippen molar-refractivity contribution in [1.29, 1.82) is 0 Å². The summed E-state index contributed by atoms with van der Waals surface area (Å²) in [6.07, 6.45) is 0. The molecule has 8 heteroatoms. The molecule has 2 aromatic carbocycles. The molecule has 5 nitrogen and oxygen atoms in total. The minimum absolute atomic E-state index is 0.0377. The van der Waals surface area contributed by atoms with Crippen LogP contribution in [0.25, 0.3) is 0 Å². The van der Waals surface area contributed by atoms with Gasteiger partial charge in [0.1, 0.15) is 11.6 Å². The summed E-state index contributed by atoms with van der Waals surface area (Å²) in [6, 6.07) is 5.86. The fourth-order valence-corrected chi connectivity index (χ4v) is 2.41. The summed E-state index contributed by atoms with van der Waals surface area (Å²) in [4.78, 5) is 23.5. The van der Waals surface area contributed by atoms with E-state index in [1.165, 1.54) is 12.1 Å². The Morgan fingerprint density at radius 2 is 2.09 bits per heavy atom. The lowest BCUT2D eigenvalue weighted by molar-refractivity contribution is -0.118. The molecule has 0 atom stereocenters. The number of benzene rings is 2. The highest BCUT2D eigenvalue weighted by Crippen LogP contribution is 2.37. The predicted molar refractivity (Wildman–Crippen MR) is 79.9 cm³/mol. The number of nitrogens with one attached hydrogen (secondary N) is 2. The van der Waals surface area contributed by atoms with Crippen molar-refractivity contribution in [2.45, 2.75) is 0 Å². The Hall–Kier alpha value is -2.67. The van der Waals surface area contributed by atoms with Gasteiger partial charge >= 0.3 is 0 Å². The Labute approximate surface area is 134 Å². The van der Waals surface area contributed by atoms with Gasteiger partial charge in [-0.1, -0.05) is 17.7 Å². The van der Waals surface area contributed by atoms with Crippen LogP contribution >= 0.6 is 11.6 Å². The molecule has 2 amide bonds. The van der Waals surface area contributed by atoms with Crippen molar-refractivity contribution < 1.29 is 23.1 Å². The third-order valence-electron chi connectivity index (χ3n) is 3.11. The molecule has 2 aromatic rings. The highest BCUT2D eigenvalue weighted by Gasteiger charge is 2.23. The minimum Gasteiger partial charge on any atom is -0.479 e. The Kier molecular flexibility index (Phi) is 3.87. The van der Waals surface area contributed by atoms with E-state index in [1.54, 1.807) is 0 Å². The van der Waals surface area contributed by atoms with Crippen LogP contribution in [0, 0.1) is 11.6 Å². The molecule has 2 N–H and O–H groups in total. The monoisotopic (exact) mass is 338 g/mol. The number of halogens is 3. The van der Waals surface area contributed by atoms with Crippen LogP contribution in [0.1, 0.15) is 10.4 Å². The fourth-order valence-electron chi connectivity index (χ4n) is 2.16. The van der Waals surface area contributed by atoms with E-state index >= 15 is 0 Å². The Morgan fingerprint density at radius 3 is 2.83 bits per heavy atom. The Balaban J connectivity index is 1.97. The average molecular weight is 339 g/mol. The van der Waals surface area contributed by atoms with Gasteiger partial charge in [0, 0.05) is 12.1 Å². The van der Waals surface area contributed by atoms with E-state index in [9.17, 15) is 18.4 Å². The molecule has 1 aliphatic rings. The smallest absolute Gasteiger partial charge is 0.262 e. The molecule has 0 fully saturated rings. The van der Waals surface area contributed by atoms with E-state index in [2.05, 4.69) is 10.6 Å². The van der Waals surface area contributed by atoms with Crippen molar-refractivity contribution >= 4 is 34.8 Å². The van der Waals surface area contributed by atoms with Gasteiger partial charge in [-0.2, -0.15) is 0 Å². The van der Waals surface area contributed by atoms with E-state index in [1.807, 2.05) is 0 Å². The first-order chi connectivity index (χ1) is 11.0. The summed E-state index contributed by atoms with van der Waals surface area (Å²) in [6.45, 7) is -0.276. The molecule has 0 saturated carbocycles. The van der Waals surface area contributed by atoms with Crippen LogP contribution in [0.15, 0.2) is 30.3 Å². The summed E-state index contributed by atoms with van der Waals surface area (Å²) in [5, 5.41) is 4.68. The number of carbonyl (C=O) groups is 2. The molecule has 0 spiro atoms. The van der Waals surface area contributed by atoms with Crippen molar-refractivity contribution in [1.82, 2.24) is 0 Å². The third kappa shape index (κ3) is 2.95. The molecule has 0 radical (unpaired) electrons. The molecule has 1 aliphatic heterocycles. The van der Waals surface area contributed by atoms with Crippen molar-refractivity contribution in [3.63, 3.8) is 0 Å². The molecule has 3 rings (SSSR count). The van der Waals surface area contributed by atoms with Crippen LogP contribution in [-0.2, 0) is 4.79 Å². The van der Waals surface area contributed by atoms with E-state index in [0.717, 1.165) is 18.2 Å². The Bertz CT molecular complexity index is 806. The topological polar surface area (TPSA) is 67.4 Å². The summed E-state index contributed by atoms with van der Waals surface area (Å²) < 4.78 is 32.6. The predicted octanol–water partition coefficient (Wildman–Crippen LogP) is 3.20. The van der Waals surface area contributed by atoms with Crippen molar-refractivity contribution in [3.8, 4) is 5.75 Å². The van der Waals surface area contributed by atoms with Gasteiger partial charge in [-0.3, -0.25) is 9.59 Å². The summed E-state index contributed by atoms with van der Waals surface area (Å²) >= 11 is 5.82. The quantitative estimate of drug-likeness (QED) is 0.883. The first-order valence-corrected chi connectivity index (χ1v) is 6.85. The molecule has 0 bridgehead atoms. The van der Waals surface area contributed by atoms with E-state index in [-0.39, 0.29) is 34.3 Å². The molecule has 1 heterocycles. The maximum atomic E-state index is 13.8. The summed E-state index contributed by atoms with van der Waals surface area (Å²) in [5.74, 6) is -2.73. The highest BCUT2D eigenvalue weighted by atomic mass is 35.5. The lowest BCUT2D eigenvalue weighted by Gasteiger charge is -2.21. The largest absolute Gasteiger partial charge is 0.479 e. The zero-order chi connectivity index (χ0) is 16.6. The lowest BCUT2D eigenvalue weighted by Crippen LogP contribution is -2.26. The fraction of sp³-hybridized carbons (Fsp3) is 0.0667. The molecule has 0 aliphatic carbocycles. The number of hydrogen-bond donors (Lipinski definition) is 2. The minimum atomic E-state index is -0.860. The number of carbonyl (C=O) groups excluding carboxylic acids is 2. The standard InChI is InChI=1S/C15H9ClF2N2O3/c16-8-2-1-3-9(18)13(8)15(22)20-11-5-7(17)4-10-14(11)23-6-12(21)19-10/h1-5H,6H2,(H,19,21)(H,20,22). The van der Waals surface area contributed by atoms with Gasteiger partial charge in [0.25, 0.3) is 11.8 Å². The molecular weight excluding hydrogens is 330 g/mol. The molecule has 118 valence electrons. The second-order valence-corrected chi connectivity index (χ2v) is 5.12. The number of hydrogen-bond acceptors (Lipinski definition) is 3. The first kappa shape index (κ1) is 15.2. The zero-order valence-corrected chi connectivity index (χ0v) is 12.2. The van der Waals surface area contributed by atoms with Crippen LogP contribution in [0.4, 0.5) is 20.2 Å². The van der Waals surface area contributed by atoms with Crippen LogP contribution < -0.4 is 15.4 Å². The molecule has 23 heavy (non-hydrogen) atoms. The van der Waals surface area contributed by atoms with E-state index in [0.29, 0.717) is 0 Å². The van der Waals surface area contributed by atoms with E-state index < -0.39 is 23.4 Å². The van der Waals surface area contributed by atoms with Crippen molar-refractivity contribution in [2.24, 2.45) is 0 Å². The third-order valence-corrected chi connectivity index (χ3v) is 3.43.